The van der Waals surface area contributed by atoms with Crippen molar-refractivity contribution in [2.75, 3.05) is 6.79 Å². The first-order valence-corrected chi connectivity index (χ1v) is 6.57. The van der Waals surface area contributed by atoms with Crippen LogP contribution in [0.15, 0.2) is 42.5 Å². The summed E-state index contributed by atoms with van der Waals surface area (Å²) in [7, 11) is 0. The van der Waals surface area contributed by atoms with Gasteiger partial charge in [0.2, 0.25) is 0 Å². The van der Waals surface area contributed by atoms with Crippen LogP contribution in [0.5, 0.6) is 11.5 Å². The van der Waals surface area contributed by atoms with Gasteiger partial charge < -0.3 is 20.3 Å². The molecule has 0 aliphatic carbocycles. The molecule has 0 unspecified atom stereocenters. The van der Waals surface area contributed by atoms with Crippen LogP contribution < -0.4 is 10.1 Å². The molecule has 0 aliphatic rings. The Labute approximate surface area is 126 Å². The van der Waals surface area contributed by atoms with Gasteiger partial charge in [0, 0.05) is 11.6 Å². The molecular weight excluding hydrogens is 294 g/mol. The van der Waals surface area contributed by atoms with E-state index in [4.69, 9.17) is 21.4 Å². The third-order valence-electron chi connectivity index (χ3n) is 2.79. The number of benzene rings is 2. The number of carbonyl (C=O) groups is 1. The summed E-state index contributed by atoms with van der Waals surface area (Å²) in [5.74, 6) is -0.0485. The zero-order chi connectivity index (χ0) is 15.2. The predicted molar refractivity (Wildman–Crippen MR) is 78.4 cm³/mol. The van der Waals surface area contributed by atoms with Crippen molar-refractivity contribution < 1.29 is 19.7 Å². The molecule has 0 aromatic heterocycles. The minimum absolute atomic E-state index is 0.116. The number of hydrogen-bond donors (Lipinski definition) is 3. The van der Waals surface area contributed by atoms with Crippen molar-refractivity contribution in [2.24, 2.45) is 0 Å². The lowest BCUT2D eigenvalue weighted by atomic mass is 10.1. The number of ether oxygens (including phenoxy) is 1. The van der Waals surface area contributed by atoms with Crippen LogP contribution >= 0.6 is 11.6 Å². The number of aromatic hydroxyl groups is 1. The van der Waals surface area contributed by atoms with Crippen molar-refractivity contribution in [3.05, 3.63) is 58.6 Å². The van der Waals surface area contributed by atoms with Gasteiger partial charge in [0.15, 0.2) is 6.79 Å². The number of amides is 1. The van der Waals surface area contributed by atoms with Gasteiger partial charge in [-0.15, -0.1) is 0 Å². The Morgan fingerprint density at radius 2 is 2.05 bits per heavy atom. The zero-order valence-electron chi connectivity index (χ0n) is 11.0. The second-order valence-electron chi connectivity index (χ2n) is 4.26. The number of nitrogens with one attached hydrogen (secondary N) is 1. The molecule has 0 bridgehead atoms. The maximum atomic E-state index is 12.0. The first kappa shape index (κ1) is 15.2. The fraction of sp³-hybridized carbons (Fsp3) is 0.133. The minimum atomic E-state index is -0.427. The third-order valence-corrected chi connectivity index (χ3v) is 3.02. The quantitative estimate of drug-likeness (QED) is 0.741. The molecule has 2 rings (SSSR count). The second-order valence-corrected chi connectivity index (χ2v) is 4.70. The zero-order valence-corrected chi connectivity index (χ0v) is 11.8. The van der Waals surface area contributed by atoms with Crippen LogP contribution in [0.25, 0.3) is 0 Å². The highest BCUT2D eigenvalue weighted by Gasteiger charge is 2.11. The third kappa shape index (κ3) is 4.11. The molecule has 0 radical (unpaired) electrons. The number of phenolic OH excluding ortho intramolecular Hbond substituents is 1. The highest BCUT2D eigenvalue weighted by atomic mass is 35.5. The molecule has 0 saturated carbocycles. The average Bonchev–Trinajstić information content (AvgIpc) is 2.48. The summed E-state index contributed by atoms with van der Waals surface area (Å²) in [6.07, 6.45) is 0. The van der Waals surface area contributed by atoms with E-state index >= 15 is 0 Å². The molecule has 0 aliphatic heterocycles. The van der Waals surface area contributed by atoms with Crippen LogP contribution in [-0.4, -0.2) is 22.9 Å². The van der Waals surface area contributed by atoms with Crippen molar-refractivity contribution in [2.45, 2.75) is 6.54 Å². The summed E-state index contributed by atoms with van der Waals surface area (Å²) in [6.45, 7) is -0.153. The first-order chi connectivity index (χ1) is 10.1. The van der Waals surface area contributed by atoms with Crippen molar-refractivity contribution >= 4 is 17.5 Å². The Bertz CT molecular complexity index is 645. The van der Waals surface area contributed by atoms with Crippen molar-refractivity contribution in [1.82, 2.24) is 5.32 Å². The Kier molecular flexibility index (Phi) is 5.03. The minimum Gasteiger partial charge on any atom is -0.507 e. The molecule has 1 amide bonds. The van der Waals surface area contributed by atoms with Crippen molar-refractivity contribution in [3.8, 4) is 11.5 Å². The highest BCUT2D eigenvalue weighted by Crippen LogP contribution is 2.21. The fourth-order valence-corrected chi connectivity index (χ4v) is 1.96. The van der Waals surface area contributed by atoms with Gasteiger partial charge in [-0.05, 0) is 35.9 Å². The maximum Gasteiger partial charge on any atom is 0.255 e. The Balaban J connectivity index is 2.04. The number of rotatable bonds is 5. The largest absolute Gasteiger partial charge is 0.507 e. The van der Waals surface area contributed by atoms with Gasteiger partial charge in [-0.3, -0.25) is 4.79 Å². The van der Waals surface area contributed by atoms with E-state index in [1.54, 1.807) is 18.2 Å². The van der Waals surface area contributed by atoms with E-state index in [-0.39, 0.29) is 17.9 Å². The monoisotopic (exact) mass is 307 g/mol. The highest BCUT2D eigenvalue weighted by molar-refractivity contribution is 6.31. The van der Waals surface area contributed by atoms with Gasteiger partial charge in [-0.1, -0.05) is 23.7 Å². The molecule has 3 N–H and O–H groups in total. The Morgan fingerprint density at radius 3 is 2.81 bits per heavy atom. The van der Waals surface area contributed by atoms with Gasteiger partial charge in [0.1, 0.15) is 11.5 Å². The molecule has 2 aromatic carbocycles. The predicted octanol–water partition coefficient (Wildman–Crippen LogP) is 2.30. The van der Waals surface area contributed by atoms with Crippen LogP contribution in [0.3, 0.4) is 0 Å². The number of hydrogen-bond acceptors (Lipinski definition) is 4. The van der Waals surface area contributed by atoms with Gasteiger partial charge in [-0.2, -0.15) is 0 Å². The molecule has 0 spiro atoms. The smallest absolute Gasteiger partial charge is 0.255 e. The lowest BCUT2D eigenvalue weighted by molar-refractivity contribution is 0.0944. The van der Waals surface area contributed by atoms with Gasteiger partial charge in [0.25, 0.3) is 5.91 Å². The van der Waals surface area contributed by atoms with Crippen molar-refractivity contribution in [1.29, 1.82) is 0 Å². The summed E-state index contributed by atoms with van der Waals surface area (Å²) < 4.78 is 4.96. The van der Waals surface area contributed by atoms with Gasteiger partial charge >= 0.3 is 0 Å². The molecule has 5 nitrogen and oxygen atoms in total. The number of aliphatic hydroxyl groups excluding tert-OH is 1. The fourth-order valence-electron chi connectivity index (χ4n) is 1.79. The second kappa shape index (κ2) is 6.97. The Hall–Kier alpha value is -2.24. The molecule has 0 saturated heterocycles. The lowest BCUT2D eigenvalue weighted by Gasteiger charge is -2.09. The van der Waals surface area contributed by atoms with Crippen LogP contribution in [0, 0.1) is 0 Å². The molecule has 0 atom stereocenters. The molecule has 0 fully saturated rings. The van der Waals surface area contributed by atoms with E-state index in [1.807, 2.05) is 6.07 Å². The van der Waals surface area contributed by atoms with Crippen molar-refractivity contribution in [3.63, 3.8) is 0 Å². The van der Waals surface area contributed by atoms with Crippen LogP contribution in [0.4, 0.5) is 0 Å². The van der Waals surface area contributed by atoms with Crippen LogP contribution in [0.2, 0.25) is 5.02 Å². The van der Waals surface area contributed by atoms with E-state index in [0.29, 0.717) is 10.8 Å². The summed E-state index contributed by atoms with van der Waals surface area (Å²) in [5.41, 5.74) is 0.918. The summed E-state index contributed by atoms with van der Waals surface area (Å²) in [6, 6.07) is 11.2. The van der Waals surface area contributed by atoms with Gasteiger partial charge in [0.05, 0.1) is 5.56 Å². The van der Waals surface area contributed by atoms with Gasteiger partial charge in [-0.25, -0.2) is 0 Å². The SMILES string of the molecule is O=C(NCc1cccc(OCO)c1)c1cc(Cl)ccc1O. The summed E-state index contributed by atoms with van der Waals surface area (Å²) in [4.78, 5) is 12.0. The first-order valence-electron chi connectivity index (χ1n) is 6.19. The lowest BCUT2D eigenvalue weighted by Crippen LogP contribution is -2.22. The summed E-state index contributed by atoms with van der Waals surface area (Å²) >= 11 is 5.80. The average molecular weight is 308 g/mol. The molecule has 2 aromatic rings. The topological polar surface area (TPSA) is 78.8 Å². The molecular formula is C15H14ClNO4. The number of halogens is 1. The van der Waals surface area contributed by atoms with E-state index < -0.39 is 12.7 Å². The van der Waals surface area contributed by atoms with E-state index in [2.05, 4.69) is 5.32 Å². The molecule has 21 heavy (non-hydrogen) atoms. The number of carbonyl (C=O) groups excluding carboxylic acids is 1. The normalized spacial score (nSPS) is 10.2. The van der Waals surface area contributed by atoms with Crippen LogP contribution in [0.1, 0.15) is 15.9 Å². The molecule has 6 heteroatoms. The number of phenols is 1. The van der Waals surface area contributed by atoms with Crippen LogP contribution in [-0.2, 0) is 6.54 Å². The maximum absolute atomic E-state index is 12.0. The Morgan fingerprint density at radius 1 is 1.24 bits per heavy atom. The standard InChI is InChI=1S/C15H14ClNO4/c16-11-4-5-14(19)13(7-11)15(20)17-8-10-2-1-3-12(6-10)21-9-18/h1-7,18-19H,8-9H2,(H,17,20). The van der Waals surface area contributed by atoms with E-state index in [1.165, 1.54) is 18.2 Å². The molecule has 0 heterocycles. The number of aliphatic hydroxyl groups is 1. The van der Waals surface area contributed by atoms with E-state index in [0.717, 1.165) is 5.56 Å². The van der Waals surface area contributed by atoms with E-state index in [9.17, 15) is 9.90 Å². The summed E-state index contributed by atoms with van der Waals surface area (Å²) in [5, 5.41) is 21.4. The molecule has 110 valence electrons.